The van der Waals surface area contributed by atoms with Gasteiger partial charge in [0.15, 0.2) is 5.78 Å². The second-order valence-electron chi connectivity index (χ2n) is 10.2. The highest BCUT2D eigenvalue weighted by Crippen LogP contribution is 2.29. The number of unbranched alkanes of at least 4 members (excludes halogenated alkanes) is 1. The number of aromatic nitrogens is 1. The van der Waals surface area contributed by atoms with Gasteiger partial charge >= 0.3 is 0 Å². The van der Waals surface area contributed by atoms with Crippen LogP contribution in [0, 0.1) is 6.92 Å². The summed E-state index contributed by atoms with van der Waals surface area (Å²) in [5, 5.41) is 0. The zero-order valence-corrected chi connectivity index (χ0v) is 25.9. The molecule has 0 amide bonds. The number of allylic oxidation sites excluding steroid dienone is 1. The van der Waals surface area contributed by atoms with Crippen molar-refractivity contribution >= 4 is 22.7 Å². The van der Waals surface area contributed by atoms with E-state index in [-0.39, 0.29) is 12.2 Å². The van der Waals surface area contributed by atoms with Crippen molar-refractivity contribution in [1.29, 1.82) is 0 Å². The normalized spacial score (nSPS) is 11.9. The molecule has 3 aromatic carbocycles. The molecular weight excluding hydrogens is 558 g/mol. The Labute approximate surface area is 257 Å². The summed E-state index contributed by atoms with van der Waals surface area (Å²) in [7, 11) is 0.433. The second kappa shape index (κ2) is 16.5. The standard InChI is InChI=1S/C36H39NO5S/c1-4-5-20-41-21-22-42-34-13-9-29(10-14-34)30-11-17-36(40-3)31(24-30)8-12-33(38)23-28-6-15-35(16-7-28)43(39)26-32-25-37-19-18-27(32)2/h6-19,24-25H,4-5,20-23,26H2,1-3H3/b12-8+. The lowest BCUT2D eigenvalue weighted by Crippen LogP contribution is -2.07. The number of aryl methyl sites for hydroxylation is 1. The van der Waals surface area contributed by atoms with Gasteiger partial charge in [-0.15, -0.1) is 0 Å². The Kier molecular flexibility index (Phi) is 12.3. The maximum Gasteiger partial charge on any atom is 0.160 e. The fraction of sp³-hybridized carbons (Fsp3) is 0.278. The van der Waals surface area contributed by atoms with Gasteiger partial charge in [0, 0.05) is 35.9 Å². The van der Waals surface area contributed by atoms with Crippen LogP contribution in [0.2, 0.25) is 0 Å². The van der Waals surface area contributed by atoms with Gasteiger partial charge in [0.2, 0.25) is 0 Å². The number of pyridine rings is 1. The number of hydrogen-bond acceptors (Lipinski definition) is 6. The van der Waals surface area contributed by atoms with E-state index < -0.39 is 10.8 Å². The number of benzene rings is 3. The number of ether oxygens (including phenoxy) is 3. The molecule has 1 aromatic heterocycles. The molecule has 0 aliphatic rings. The zero-order valence-electron chi connectivity index (χ0n) is 25.1. The fourth-order valence-electron chi connectivity index (χ4n) is 4.43. The molecule has 0 saturated carbocycles. The molecule has 0 spiro atoms. The number of methoxy groups -OCH3 is 1. The van der Waals surface area contributed by atoms with Crippen LogP contribution >= 0.6 is 0 Å². The first kappa shape index (κ1) is 31.9. The lowest BCUT2D eigenvalue weighted by molar-refractivity contribution is -0.113. The van der Waals surface area contributed by atoms with Gasteiger partial charge in [0.05, 0.1) is 30.3 Å². The van der Waals surface area contributed by atoms with Gasteiger partial charge in [-0.3, -0.25) is 14.0 Å². The molecule has 0 N–H and O–H groups in total. The Hall–Kier alpha value is -4.07. The van der Waals surface area contributed by atoms with Crippen molar-refractivity contribution in [3.05, 3.63) is 114 Å². The smallest absolute Gasteiger partial charge is 0.160 e. The molecule has 4 rings (SSSR count). The fourth-order valence-corrected chi connectivity index (χ4v) is 5.62. The highest BCUT2D eigenvalue weighted by atomic mass is 32.2. The average molecular weight is 598 g/mol. The maximum atomic E-state index is 12.8. The van der Waals surface area contributed by atoms with E-state index in [1.54, 1.807) is 31.7 Å². The van der Waals surface area contributed by atoms with Crippen LogP contribution in [-0.2, 0) is 32.5 Å². The molecule has 0 saturated heterocycles. The summed E-state index contributed by atoms with van der Waals surface area (Å²) >= 11 is 0. The van der Waals surface area contributed by atoms with Crippen molar-refractivity contribution in [2.45, 2.75) is 43.8 Å². The molecule has 1 heterocycles. The second-order valence-corrected chi connectivity index (χ2v) is 11.7. The molecular formula is C36H39NO5S. The van der Waals surface area contributed by atoms with Gasteiger partial charge in [-0.05, 0) is 95.8 Å². The van der Waals surface area contributed by atoms with Crippen molar-refractivity contribution in [2.75, 3.05) is 26.9 Å². The first-order valence-electron chi connectivity index (χ1n) is 14.5. The Morgan fingerprint density at radius 3 is 2.42 bits per heavy atom. The Morgan fingerprint density at radius 2 is 1.70 bits per heavy atom. The van der Waals surface area contributed by atoms with Crippen LogP contribution in [-0.4, -0.2) is 41.9 Å². The van der Waals surface area contributed by atoms with Crippen molar-refractivity contribution in [3.8, 4) is 22.6 Å². The number of nitrogens with zero attached hydrogens (tertiary/aromatic N) is 1. The summed E-state index contributed by atoms with van der Waals surface area (Å²) in [6, 6.07) is 23.2. The van der Waals surface area contributed by atoms with E-state index in [0.29, 0.717) is 24.7 Å². The summed E-state index contributed by atoms with van der Waals surface area (Å²) in [6.45, 7) is 5.99. The molecule has 43 heavy (non-hydrogen) atoms. The molecule has 1 atom stereocenters. The first-order chi connectivity index (χ1) is 21.0. The third-order valence-electron chi connectivity index (χ3n) is 7.00. The van der Waals surface area contributed by atoms with E-state index in [4.69, 9.17) is 14.2 Å². The van der Waals surface area contributed by atoms with Crippen LogP contribution in [0.5, 0.6) is 11.5 Å². The van der Waals surface area contributed by atoms with Crippen molar-refractivity contribution < 1.29 is 23.2 Å². The maximum absolute atomic E-state index is 12.8. The summed E-state index contributed by atoms with van der Waals surface area (Å²) in [4.78, 5) is 17.7. The van der Waals surface area contributed by atoms with Gasteiger partial charge in [0.1, 0.15) is 18.1 Å². The predicted molar refractivity (Wildman–Crippen MR) is 173 cm³/mol. The molecule has 7 heteroatoms. The van der Waals surface area contributed by atoms with Gasteiger partial charge in [-0.2, -0.15) is 0 Å². The predicted octanol–water partition coefficient (Wildman–Crippen LogP) is 7.39. The summed E-state index contributed by atoms with van der Waals surface area (Å²) in [5.41, 5.74) is 5.76. The van der Waals surface area contributed by atoms with E-state index in [2.05, 4.69) is 11.9 Å². The molecule has 0 aliphatic carbocycles. The van der Waals surface area contributed by atoms with E-state index >= 15 is 0 Å². The quantitative estimate of drug-likeness (QED) is 0.0990. The number of rotatable bonds is 16. The molecule has 1 unspecified atom stereocenters. The number of hydrogen-bond donors (Lipinski definition) is 0. The lowest BCUT2D eigenvalue weighted by Gasteiger charge is -2.10. The van der Waals surface area contributed by atoms with Crippen LogP contribution in [0.25, 0.3) is 17.2 Å². The van der Waals surface area contributed by atoms with Crippen LogP contribution in [0.4, 0.5) is 0 Å². The molecule has 224 valence electrons. The molecule has 0 aliphatic heterocycles. The minimum Gasteiger partial charge on any atom is -0.496 e. The van der Waals surface area contributed by atoms with Crippen LogP contribution in [0.1, 0.15) is 42.0 Å². The van der Waals surface area contributed by atoms with E-state index in [1.165, 1.54) is 0 Å². The number of carbonyl (C=O) groups is 1. The third-order valence-corrected chi connectivity index (χ3v) is 8.37. The Balaban J connectivity index is 1.34. The highest BCUT2D eigenvalue weighted by Gasteiger charge is 2.10. The van der Waals surface area contributed by atoms with Crippen LogP contribution < -0.4 is 9.47 Å². The summed E-state index contributed by atoms with van der Waals surface area (Å²) in [5.74, 6) is 1.86. The summed E-state index contributed by atoms with van der Waals surface area (Å²) in [6.07, 6.45) is 9.30. The summed E-state index contributed by atoms with van der Waals surface area (Å²) < 4.78 is 29.7. The average Bonchev–Trinajstić information content (AvgIpc) is 3.03. The molecule has 4 aromatic rings. The number of carbonyl (C=O) groups excluding carboxylic acids is 1. The molecule has 0 fully saturated rings. The van der Waals surface area contributed by atoms with Crippen LogP contribution in [0.15, 0.2) is 96.2 Å². The Bertz CT molecular complexity index is 1530. The molecule has 6 nitrogen and oxygen atoms in total. The van der Waals surface area contributed by atoms with Gasteiger partial charge in [0.25, 0.3) is 0 Å². The largest absolute Gasteiger partial charge is 0.496 e. The van der Waals surface area contributed by atoms with Crippen molar-refractivity contribution in [1.82, 2.24) is 4.98 Å². The van der Waals surface area contributed by atoms with E-state index in [1.807, 2.05) is 79.7 Å². The molecule has 0 radical (unpaired) electrons. The van der Waals surface area contributed by atoms with Gasteiger partial charge in [-0.1, -0.05) is 43.7 Å². The zero-order chi connectivity index (χ0) is 30.4. The third kappa shape index (κ3) is 9.73. The monoisotopic (exact) mass is 597 g/mol. The van der Waals surface area contributed by atoms with Crippen LogP contribution in [0.3, 0.4) is 0 Å². The van der Waals surface area contributed by atoms with Gasteiger partial charge < -0.3 is 14.2 Å². The van der Waals surface area contributed by atoms with E-state index in [0.717, 1.165) is 63.5 Å². The number of ketones is 1. The van der Waals surface area contributed by atoms with Gasteiger partial charge in [-0.25, -0.2) is 0 Å². The minimum absolute atomic E-state index is 0.0347. The topological polar surface area (TPSA) is 74.7 Å². The molecule has 0 bridgehead atoms. The Morgan fingerprint density at radius 1 is 0.930 bits per heavy atom. The van der Waals surface area contributed by atoms with Crippen molar-refractivity contribution in [2.24, 2.45) is 0 Å². The highest BCUT2D eigenvalue weighted by molar-refractivity contribution is 7.84. The van der Waals surface area contributed by atoms with Crippen molar-refractivity contribution in [3.63, 3.8) is 0 Å². The SMILES string of the molecule is CCCCOCCOc1ccc(-c2ccc(OC)c(/C=C/C(=O)Cc3ccc(S(=O)Cc4cnccc4C)cc3)c2)cc1. The first-order valence-corrected chi connectivity index (χ1v) is 15.9. The minimum atomic E-state index is -1.19. The lowest BCUT2D eigenvalue weighted by atomic mass is 10.0. The van der Waals surface area contributed by atoms with E-state index in [9.17, 15) is 9.00 Å².